The average molecular weight is 181 g/mol. The van der Waals surface area contributed by atoms with Gasteiger partial charge in [0, 0.05) is 7.05 Å². The summed E-state index contributed by atoms with van der Waals surface area (Å²) in [6.45, 7) is 4.45. The lowest BCUT2D eigenvalue weighted by atomic mass is 10.0. The Kier molecular flexibility index (Phi) is 1.66. The molecule has 72 valence electrons. The number of aromatic nitrogens is 4. The molecule has 2 N–H and O–H groups in total. The van der Waals surface area contributed by atoms with Gasteiger partial charge in [-0.25, -0.2) is 4.68 Å². The SMILES string of the molecule is Cn1nnnc1C(N)C1CC1(C)C. The Morgan fingerprint density at radius 2 is 2.23 bits per heavy atom. The largest absolute Gasteiger partial charge is 0.321 e. The molecule has 0 amide bonds. The Morgan fingerprint density at radius 1 is 1.62 bits per heavy atom. The molecule has 1 aliphatic rings. The van der Waals surface area contributed by atoms with Gasteiger partial charge in [-0.1, -0.05) is 13.8 Å². The van der Waals surface area contributed by atoms with Crippen molar-refractivity contribution in [1.29, 1.82) is 0 Å². The number of aryl methyl sites for hydroxylation is 1. The summed E-state index contributed by atoms with van der Waals surface area (Å²) in [6.07, 6.45) is 1.17. The van der Waals surface area contributed by atoms with Crippen LogP contribution in [0.15, 0.2) is 0 Å². The van der Waals surface area contributed by atoms with Crippen LogP contribution in [0.2, 0.25) is 0 Å². The molecule has 1 heterocycles. The van der Waals surface area contributed by atoms with Crippen LogP contribution in [0, 0.1) is 11.3 Å². The highest BCUT2D eigenvalue weighted by Crippen LogP contribution is 2.56. The first-order chi connectivity index (χ1) is 6.02. The predicted octanol–water partition coefficient (Wildman–Crippen LogP) is 0.256. The molecular formula is C8H15N5. The van der Waals surface area contributed by atoms with E-state index in [-0.39, 0.29) is 6.04 Å². The molecule has 1 aromatic rings. The lowest BCUT2D eigenvalue weighted by molar-refractivity contribution is 0.461. The lowest BCUT2D eigenvalue weighted by Crippen LogP contribution is -2.19. The second kappa shape index (κ2) is 2.51. The van der Waals surface area contributed by atoms with E-state index in [9.17, 15) is 0 Å². The quantitative estimate of drug-likeness (QED) is 0.710. The van der Waals surface area contributed by atoms with Crippen LogP contribution in [0.4, 0.5) is 0 Å². The van der Waals surface area contributed by atoms with E-state index in [0.717, 1.165) is 5.82 Å². The van der Waals surface area contributed by atoms with Crippen molar-refractivity contribution in [2.45, 2.75) is 26.3 Å². The molecular weight excluding hydrogens is 166 g/mol. The molecule has 2 rings (SSSR count). The van der Waals surface area contributed by atoms with Crippen LogP contribution in [-0.2, 0) is 7.05 Å². The van der Waals surface area contributed by atoms with Gasteiger partial charge in [-0.05, 0) is 28.2 Å². The minimum Gasteiger partial charge on any atom is -0.321 e. The van der Waals surface area contributed by atoms with Crippen LogP contribution in [-0.4, -0.2) is 20.2 Å². The summed E-state index contributed by atoms with van der Waals surface area (Å²) in [5.41, 5.74) is 6.42. The fourth-order valence-corrected chi connectivity index (χ4v) is 1.82. The second-order valence-corrected chi connectivity index (χ2v) is 4.49. The fraction of sp³-hybridized carbons (Fsp3) is 0.875. The van der Waals surface area contributed by atoms with E-state index in [1.807, 2.05) is 7.05 Å². The molecule has 13 heavy (non-hydrogen) atoms. The average Bonchev–Trinajstić information content (AvgIpc) is 2.49. The molecule has 0 spiro atoms. The van der Waals surface area contributed by atoms with Gasteiger partial charge >= 0.3 is 0 Å². The van der Waals surface area contributed by atoms with Crippen molar-refractivity contribution >= 4 is 0 Å². The maximum absolute atomic E-state index is 6.06. The topological polar surface area (TPSA) is 69.6 Å². The minimum absolute atomic E-state index is 0.0185. The van der Waals surface area contributed by atoms with E-state index in [0.29, 0.717) is 11.3 Å². The monoisotopic (exact) mass is 181 g/mol. The van der Waals surface area contributed by atoms with E-state index in [4.69, 9.17) is 5.73 Å². The van der Waals surface area contributed by atoms with Crippen LogP contribution in [0.5, 0.6) is 0 Å². The van der Waals surface area contributed by atoms with Crippen LogP contribution in [0.1, 0.15) is 32.1 Å². The van der Waals surface area contributed by atoms with Gasteiger partial charge in [0.1, 0.15) is 0 Å². The Hall–Kier alpha value is -0.970. The zero-order chi connectivity index (χ0) is 9.64. The maximum Gasteiger partial charge on any atom is 0.168 e. The first kappa shape index (κ1) is 8.62. The highest BCUT2D eigenvalue weighted by molar-refractivity contribution is 5.07. The van der Waals surface area contributed by atoms with E-state index in [1.54, 1.807) is 4.68 Å². The lowest BCUT2D eigenvalue weighted by Gasteiger charge is -2.10. The maximum atomic E-state index is 6.06. The van der Waals surface area contributed by atoms with Gasteiger partial charge < -0.3 is 5.73 Å². The summed E-state index contributed by atoms with van der Waals surface area (Å²) in [7, 11) is 1.82. The highest BCUT2D eigenvalue weighted by atomic mass is 15.5. The Labute approximate surface area is 77.3 Å². The number of nitrogens with two attached hydrogens (primary N) is 1. The van der Waals surface area contributed by atoms with Crippen LogP contribution < -0.4 is 5.73 Å². The second-order valence-electron chi connectivity index (χ2n) is 4.49. The summed E-state index contributed by atoms with van der Waals surface area (Å²) in [6, 6.07) is -0.0185. The minimum atomic E-state index is -0.0185. The standard InChI is InChI=1S/C8H15N5/c1-8(2)4-5(8)6(9)7-10-11-12-13(7)3/h5-6H,4,9H2,1-3H3. The first-order valence-electron chi connectivity index (χ1n) is 4.50. The molecule has 0 saturated heterocycles. The molecule has 5 heteroatoms. The number of hydrogen-bond donors (Lipinski definition) is 1. The van der Waals surface area contributed by atoms with E-state index in [2.05, 4.69) is 29.4 Å². The molecule has 0 radical (unpaired) electrons. The molecule has 1 saturated carbocycles. The van der Waals surface area contributed by atoms with Gasteiger partial charge in [-0.3, -0.25) is 0 Å². The summed E-state index contributed by atoms with van der Waals surface area (Å²) < 4.78 is 1.65. The third kappa shape index (κ3) is 1.33. The van der Waals surface area contributed by atoms with Crippen molar-refractivity contribution < 1.29 is 0 Å². The van der Waals surface area contributed by atoms with Crippen LogP contribution in [0.3, 0.4) is 0 Å². The summed E-state index contributed by atoms with van der Waals surface area (Å²) in [4.78, 5) is 0. The fourth-order valence-electron chi connectivity index (χ4n) is 1.82. The predicted molar refractivity (Wildman–Crippen MR) is 47.6 cm³/mol. The van der Waals surface area contributed by atoms with Gasteiger partial charge in [0.15, 0.2) is 5.82 Å². The molecule has 2 atom stereocenters. The third-order valence-corrected chi connectivity index (χ3v) is 2.97. The Balaban J connectivity index is 2.15. The number of tetrazole rings is 1. The van der Waals surface area contributed by atoms with E-state index >= 15 is 0 Å². The van der Waals surface area contributed by atoms with Gasteiger partial charge in [-0.15, -0.1) is 5.10 Å². The van der Waals surface area contributed by atoms with Gasteiger partial charge in [0.25, 0.3) is 0 Å². The van der Waals surface area contributed by atoms with Crippen LogP contribution >= 0.6 is 0 Å². The van der Waals surface area contributed by atoms with Crippen molar-refractivity contribution in [3.05, 3.63) is 5.82 Å². The van der Waals surface area contributed by atoms with Crippen molar-refractivity contribution in [3.8, 4) is 0 Å². The molecule has 2 unspecified atom stereocenters. The van der Waals surface area contributed by atoms with Crippen molar-refractivity contribution in [2.24, 2.45) is 24.1 Å². The van der Waals surface area contributed by atoms with Gasteiger partial charge in [0.05, 0.1) is 6.04 Å². The van der Waals surface area contributed by atoms with Crippen LogP contribution in [0.25, 0.3) is 0 Å². The third-order valence-electron chi connectivity index (χ3n) is 2.97. The Morgan fingerprint density at radius 3 is 2.62 bits per heavy atom. The number of nitrogens with zero attached hydrogens (tertiary/aromatic N) is 4. The first-order valence-corrected chi connectivity index (χ1v) is 4.50. The van der Waals surface area contributed by atoms with Crippen molar-refractivity contribution in [3.63, 3.8) is 0 Å². The molecule has 1 aromatic heterocycles. The summed E-state index contributed by atoms with van der Waals surface area (Å²) >= 11 is 0. The van der Waals surface area contributed by atoms with E-state index < -0.39 is 0 Å². The smallest absolute Gasteiger partial charge is 0.168 e. The summed E-state index contributed by atoms with van der Waals surface area (Å²) in [5.74, 6) is 1.31. The molecule has 1 aliphatic carbocycles. The van der Waals surface area contributed by atoms with Crippen molar-refractivity contribution in [2.75, 3.05) is 0 Å². The highest BCUT2D eigenvalue weighted by Gasteiger charge is 2.50. The molecule has 1 fully saturated rings. The zero-order valence-electron chi connectivity index (χ0n) is 8.23. The molecule has 5 nitrogen and oxygen atoms in total. The Bertz CT molecular complexity index is 316. The van der Waals surface area contributed by atoms with E-state index in [1.165, 1.54) is 6.42 Å². The molecule has 0 aliphatic heterocycles. The molecule has 0 bridgehead atoms. The molecule has 0 aromatic carbocycles. The zero-order valence-corrected chi connectivity index (χ0v) is 8.23. The van der Waals surface area contributed by atoms with Crippen molar-refractivity contribution in [1.82, 2.24) is 20.2 Å². The van der Waals surface area contributed by atoms with Gasteiger partial charge in [-0.2, -0.15) is 0 Å². The number of hydrogen-bond acceptors (Lipinski definition) is 4. The van der Waals surface area contributed by atoms with Gasteiger partial charge in [0.2, 0.25) is 0 Å². The number of rotatable bonds is 2. The summed E-state index contributed by atoms with van der Waals surface area (Å²) in [5, 5.41) is 11.3. The normalized spacial score (nSPS) is 27.2.